The van der Waals surface area contributed by atoms with Crippen molar-refractivity contribution in [3.63, 3.8) is 0 Å². The van der Waals surface area contributed by atoms with E-state index in [0.29, 0.717) is 6.54 Å². The highest BCUT2D eigenvalue weighted by atomic mass is 31.2. The van der Waals surface area contributed by atoms with Gasteiger partial charge in [0.05, 0.1) is 24.7 Å². The van der Waals surface area contributed by atoms with Gasteiger partial charge in [-0.05, 0) is 27.2 Å². The fourth-order valence-electron chi connectivity index (χ4n) is 3.83. The Labute approximate surface area is 221 Å². The zero-order valence-corrected chi connectivity index (χ0v) is 24.5. The normalized spacial score (nSPS) is 15.4. The van der Waals surface area contributed by atoms with Crippen molar-refractivity contribution < 1.29 is 28.4 Å². The molecule has 0 aliphatic heterocycles. The molecule has 3 unspecified atom stereocenters. The van der Waals surface area contributed by atoms with E-state index in [1.54, 1.807) is 20.8 Å². The Morgan fingerprint density at radius 2 is 1.31 bits per heavy atom. The van der Waals surface area contributed by atoms with E-state index in [9.17, 15) is 19.4 Å². The van der Waals surface area contributed by atoms with Crippen molar-refractivity contribution in [3.8, 4) is 0 Å². The minimum Gasteiger partial charge on any atom is -0.390 e. The van der Waals surface area contributed by atoms with E-state index in [0.717, 1.165) is 12.8 Å². The molecule has 0 saturated carbocycles. The monoisotopic (exact) mass is 536 g/mol. The Hall–Kier alpha value is -0.500. The maximum atomic E-state index is 12.0. The van der Waals surface area contributed by atoms with Gasteiger partial charge >= 0.3 is 7.82 Å². The van der Waals surface area contributed by atoms with Gasteiger partial charge in [0, 0.05) is 12.6 Å². The van der Waals surface area contributed by atoms with Crippen molar-refractivity contribution in [2.75, 3.05) is 13.2 Å². The van der Waals surface area contributed by atoms with Gasteiger partial charge in [-0.1, -0.05) is 103 Å². The number of carbonyl (C=O) groups is 1. The summed E-state index contributed by atoms with van der Waals surface area (Å²) in [6.45, 7) is 7.15. The second kappa shape index (κ2) is 21.4. The molecule has 0 aromatic carbocycles. The van der Waals surface area contributed by atoms with Crippen LogP contribution in [0.3, 0.4) is 0 Å². The van der Waals surface area contributed by atoms with Gasteiger partial charge in [0.15, 0.2) is 0 Å². The lowest BCUT2D eigenvalue weighted by atomic mass is 10.0. The summed E-state index contributed by atoms with van der Waals surface area (Å²) in [6.07, 6.45) is 19.4. The lowest BCUT2D eigenvalue weighted by Gasteiger charge is -2.30. The topological polar surface area (TPSA) is 131 Å². The molecular formula is C27H57N2O6P. The molecule has 8 nitrogen and oxygen atoms in total. The van der Waals surface area contributed by atoms with E-state index in [1.165, 1.54) is 89.9 Å². The van der Waals surface area contributed by atoms with Gasteiger partial charge in [0.1, 0.15) is 0 Å². The van der Waals surface area contributed by atoms with Gasteiger partial charge in [0.2, 0.25) is 5.91 Å². The van der Waals surface area contributed by atoms with Crippen molar-refractivity contribution in [3.05, 3.63) is 0 Å². The number of hydrogen-bond acceptors (Lipinski definition) is 6. The first kappa shape index (κ1) is 35.5. The molecule has 5 N–H and O–H groups in total. The minimum absolute atomic E-state index is 0.199. The SMILES string of the molecule is CCCCCCCCCCCCCCCCCCNC(=O)CC(O)COP(=O)(O)OC(C)(C)C(C)N. The second-order valence-electron chi connectivity index (χ2n) is 10.8. The molecule has 3 atom stereocenters. The summed E-state index contributed by atoms with van der Waals surface area (Å²) in [5.41, 5.74) is 4.65. The van der Waals surface area contributed by atoms with Crippen molar-refractivity contribution >= 4 is 13.7 Å². The van der Waals surface area contributed by atoms with Crippen LogP contribution in [0.15, 0.2) is 0 Å². The third-order valence-electron chi connectivity index (χ3n) is 6.65. The van der Waals surface area contributed by atoms with E-state index in [4.69, 9.17) is 14.8 Å². The maximum Gasteiger partial charge on any atom is 0.472 e. The lowest BCUT2D eigenvalue weighted by molar-refractivity contribution is -0.123. The van der Waals surface area contributed by atoms with Gasteiger partial charge in [-0.15, -0.1) is 0 Å². The third-order valence-corrected chi connectivity index (χ3v) is 7.83. The molecule has 36 heavy (non-hydrogen) atoms. The summed E-state index contributed by atoms with van der Waals surface area (Å²) in [5.74, 6) is -0.309. The molecule has 9 heteroatoms. The van der Waals surface area contributed by atoms with E-state index in [1.807, 2.05) is 0 Å². The van der Waals surface area contributed by atoms with Crippen LogP contribution in [0.1, 0.15) is 137 Å². The Kier molecular flexibility index (Phi) is 21.1. The predicted octanol–water partition coefficient (Wildman–Crippen LogP) is 6.37. The van der Waals surface area contributed by atoms with Crippen LogP contribution < -0.4 is 11.1 Å². The Bertz CT molecular complexity index is 589. The highest BCUT2D eigenvalue weighted by molar-refractivity contribution is 7.47. The molecule has 0 fully saturated rings. The molecule has 1 amide bonds. The average molecular weight is 537 g/mol. The number of aliphatic hydroxyl groups excluding tert-OH is 1. The molecule has 0 aliphatic carbocycles. The number of unbranched alkanes of at least 4 members (excludes halogenated alkanes) is 15. The Balaban J connectivity index is 3.58. The Morgan fingerprint density at radius 1 is 0.889 bits per heavy atom. The highest BCUT2D eigenvalue weighted by Crippen LogP contribution is 2.47. The van der Waals surface area contributed by atoms with Crippen LogP contribution in [-0.4, -0.2) is 46.8 Å². The first-order chi connectivity index (χ1) is 17.0. The number of phosphoric acid groups is 1. The maximum absolute atomic E-state index is 12.0. The van der Waals surface area contributed by atoms with E-state index < -0.39 is 32.2 Å². The van der Waals surface area contributed by atoms with E-state index in [-0.39, 0.29) is 12.3 Å². The van der Waals surface area contributed by atoms with Crippen LogP contribution in [0.25, 0.3) is 0 Å². The zero-order valence-electron chi connectivity index (χ0n) is 23.6. The third kappa shape index (κ3) is 21.6. The summed E-state index contributed by atoms with van der Waals surface area (Å²) in [5, 5.41) is 12.7. The van der Waals surface area contributed by atoms with Gasteiger partial charge < -0.3 is 21.1 Å². The highest BCUT2D eigenvalue weighted by Gasteiger charge is 2.35. The van der Waals surface area contributed by atoms with Crippen LogP contribution >= 0.6 is 7.82 Å². The molecule has 0 heterocycles. The minimum atomic E-state index is -4.39. The van der Waals surface area contributed by atoms with Crippen molar-refractivity contribution in [1.29, 1.82) is 0 Å². The molecule has 0 aromatic rings. The average Bonchev–Trinajstić information content (AvgIpc) is 2.79. The van der Waals surface area contributed by atoms with Gasteiger partial charge in [-0.3, -0.25) is 13.8 Å². The zero-order chi connectivity index (χ0) is 27.3. The predicted molar refractivity (Wildman–Crippen MR) is 148 cm³/mol. The molecule has 0 rings (SSSR count). The number of carbonyl (C=O) groups excluding carboxylic acids is 1. The fraction of sp³-hybridized carbons (Fsp3) is 0.963. The number of hydrogen-bond donors (Lipinski definition) is 4. The lowest BCUT2D eigenvalue weighted by Crippen LogP contribution is -2.42. The summed E-state index contributed by atoms with van der Waals surface area (Å²) >= 11 is 0. The van der Waals surface area contributed by atoms with Crippen LogP contribution in [0.5, 0.6) is 0 Å². The summed E-state index contributed by atoms with van der Waals surface area (Å²) in [7, 11) is -4.39. The molecule has 0 aromatic heterocycles. The van der Waals surface area contributed by atoms with Crippen LogP contribution in [0.4, 0.5) is 0 Å². The van der Waals surface area contributed by atoms with Crippen molar-refractivity contribution in [1.82, 2.24) is 5.32 Å². The molecule has 0 spiro atoms. The van der Waals surface area contributed by atoms with Crippen LogP contribution in [0, 0.1) is 0 Å². The summed E-state index contributed by atoms with van der Waals surface area (Å²) in [4.78, 5) is 21.7. The molecule has 0 aliphatic rings. The molecule has 0 radical (unpaired) electrons. The Morgan fingerprint density at radius 3 is 1.72 bits per heavy atom. The number of amides is 1. The first-order valence-electron chi connectivity index (χ1n) is 14.4. The molecule has 0 saturated heterocycles. The number of aliphatic hydroxyl groups is 1. The number of nitrogens with two attached hydrogens (primary N) is 1. The number of phosphoric ester groups is 1. The van der Waals surface area contributed by atoms with Gasteiger partial charge in [-0.25, -0.2) is 4.57 Å². The van der Waals surface area contributed by atoms with Gasteiger partial charge in [-0.2, -0.15) is 0 Å². The molecule has 216 valence electrons. The van der Waals surface area contributed by atoms with Crippen LogP contribution in [-0.2, 0) is 18.4 Å². The van der Waals surface area contributed by atoms with E-state index >= 15 is 0 Å². The summed E-state index contributed by atoms with van der Waals surface area (Å²) < 4.78 is 21.9. The second-order valence-corrected chi connectivity index (χ2v) is 12.1. The number of nitrogens with one attached hydrogen (secondary N) is 1. The van der Waals surface area contributed by atoms with Crippen molar-refractivity contribution in [2.24, 2.45) is 5.73 Å². The van der Waals surface area contributed by atoms with Gasteiger partial charge in [0.25, 0.3) is 0 Å². The smallest absolute Gasteiger partial charge is 0.390 e. The van der Waals surface area contributed by atoms with E-state index in [2.05, 4.69) is 12.2 Å². The number of rotatable bonds is 25. The fourth-order valence-corrected chi connectivity index (χ4v) is 5.01. The van der Waals surface area contributed by atoms with Crippen LogP contribution in [0.2, 0.25) is 0 Å². The molecule has 0 bridgehead atoms. The molecular weight excluding hydrogens is 479 g/mol. The standard InChI is InChI=1S/C27H57N2O6P/c1-5-6-7-8-9-10-11-12-13-14-15-16-17-18-19-20-21-29-26(31)22-25(30)23-34-36(32,33)35-27(3,4)24(2)28/h24-25,30H,5-23,28H2,1-4H3,(H,29,31)(H,32,33). The summed E-state index contributed by atoms with van der Waals surface area (Å²) in [6, 6.07) is -0.498. The quantitative estimate of drug-likeness (QED) is 0.0787. The van der Waals surface area contributed by atoms with Crippen molar-refractivity contribution in [2.45, 2.75) is 155 Å². The largest absolute Gasteiger partial charge is 0.472 e. The first-order valence-corrected chi connectivity index (χ1v) is 15.9.